The first-order valence-electron chi connectivity index (χ1n) is 12.5. The smallest absolute Gasteiger partial charge is 0.244 e. The Morgan fingerprint density at radius 3 is 2.10 bits per heavy atom. The van der Waals surface area contributed by atoms with E-state index in [1.165, 1.54) is 17.0 Å². The summed E-state index contributed by atoms with van der Waals surface area (Å²) < 4.78 is 40.8. The Hall–Kier alpha value is -3.24. The second kappa shape index (κ2) is 13.7. The van der Waals surface area contributed by atoms with E-state index in [0.29, 0.717) is 6.54 Å². The summed E-state index contributed by atoms with van der Waals surface area (Å²) in [4.78, 5) is 28.9. The van der Waals surface area contributed by atoms with Crippen molar-refractivity contribution in [3.8, 4) is 0 Å². The van der Waals surface area contributed by atoms with Crippen molar-refractivity contribution in [2.45, 2.75) is 32.9 Å². The van der Waals surface area contributed by atoms with Gasteiger partial charge in [-0.1, -0.05) is 72.2 Å². The molecule has 7 nitrogen and oxygen atoms in total. The van der Waals surface area contributed by atoms with Crippen molar-refractivity contribution < 1.29 is 22.4 Å². The fourth-order valence-electron chi connectivity index (χ4n) is 3.98. The molecule has 0 aromatic heterocycles. The van der Waals surface area contributed by atoms with Crippen molar-refractivity contribution in [1.29, 1.82) is 0 Å². The Bertz CT molecular complexity index is 1350. The van der Waals surface area contributed by atoms with Crippen molar-refractivity contribution in [3.05, 3.63) is 100 Å². The molecule has 0 spiro atoms. The Labute approximate surface area is 238 Å². The van der Waals surface area contributed by atoms with Crippen LogP contribution >= 0.6 is 15.9 Å². The van der Waals surface area contributed by atoms with Gasteiger partial charge in [0.2, 0.25) is 21.8 Å². The number of amides is 2. The van der Waals surface area contributed by atoms with E-state index in [0.717, 1.165) is 38.3 Å². The molecule has 0 fully saturated rings. The lowest BCUT2D eigenvalue weighted by Gasteiger charge is -2.33. The van der Waals surface area contributed by atoms with Gasteiger partial charge >= 0.3 is 0 Å². The fourth-order valence-corrected chi connectivity index (χ4v) is 5.10. The Morgan fingerprint density at radius 1 is 0.923 bits per heavy atom. The molecule has 0 aliphatic rings. The van der Waals surface area contributed by atoms with Crippen molar-refractivity contribution in [2.75, 3.05) is 23.7 Å². The summed E-state index contributed by atoms with van der Waals surface area (Å²) in [5.41, 5.74) is 1.78. The highest BCUT2D eigenvalue weighted by atomic mass is 79.9. The topological polar surface area (TPSA) is 86.8 Å². The van der Waals surface area contributed by atoms with Gasteiger partial charge in [0, 0.05) is 24.0 Å². The molecule has 0 unspecified atom stereocenters. The number of anilines is 1. The largest absolute Gasteiger partial charge is 0.354 e. The predicted octanol–water partition coefficient (Wildman–Crippen LogP) is 4.77. The van der Waals surface area contributed by atoms with Crippen LogP contribution in [0.2, 0.25) is 0 Å². The molecule has 3 rings (SSSR count). The molecule has 1 atom stereocenters. The number of benzene rings is 3. The van der Waals surface area contributed by atoms with Gasteiger partial charge in [0.25, 0.3) is 0 Å². The van der Waals surface area contributed by atoms with Gasteiger partial charge in [0.15, 0.2) is 0 Å². The Balaban J connectivity index is 2.03. The minimum atomic E-state index is -3.91. The van der Waals surface area contributed by atoms with Crippen LogP contribution in [0.4, 0.5) is 10.1 Å². The van der Waals surface area contributed by atoms with Gasteiger partial charge in [-0.15, -0.1) is 0 Å². The fraction of sp³-hybridized carbons (Fsp3) is 0.310. The van der Waals surface area contributed by atoms with Crippen LogP contribution in [0, 0.1) is 11.7 Å². The van der Waals surface area contributed by atoms with Crippen molar-refractivity contribution >= 4 is 43.5 Å². The molecule has 0 saturated heterocycles. The molecular weight excluding hydrogens is 585 g/mol. The molecule has 10 heteroatoms. The molecule has 3 aromatic carbocycles. The number of nitrogens with one attached hydrogen (secondary N) is 1. The van der Waals surface area contributed by atoms with Gasteiger partial charge in [0.1, 0.15) is 18.4 Å². The van der Waals surface area contributed by atoms with Crippen LogP contribution in [0.5, 0.6) is 0 Å². The molecular formula is C29H33BrFN3O4S. The maximum Gasteiger partial charge on any atom is 0.244 e. The Morgan fingerprint density at radius 2 is 1.54 bits per heavy atom. The minimum Gasteiger partial charge on any atom is -0.354 e. The lowest BCUT2D eigenvalue weighted by molar-refractivity contribution is -0.140. The van der Waals surface area contributed by atoms with Crippen molar-refractivity contribution in [1.82, 2.24) is 10.2 Å². The summed E-state index contributed by atoms with van der Waals surface area (Å²) in [6.45, 7) is 3.91. The van der Waals surface area contributed by atoms with E-state index in [1.54, 1.807) is 0 Å². The highest BCUT2D eigenvalue weighted by Gasteiger charge is 2.33. The second-order valence-corrected chi connectivity index (χ2v) is 12.6. The first kappa shape index (κ1) is 30.3. The third-order valence-corrected chi connectivity index (χ3v) is 7.68. The molecule has 0 radical (unpaired) electrons. The first-order valence-corrected chi connectivity index (χ1v) is 15.2. The van der Waals surface area contributed by atoms with E-state index in [-0.39, 0.29) is 30.5 Å². The van der Waals surface area contributed by atoms with Gasteiger partial charge in [-0.25, -0.2) is 12.8 Å². The highest BCUT2D eigenvalue weighted by Crippen LogP contribution is 2.21. The SMILES string of the molecule is CC(C)CNC(=O)[C@H](Cc1ccccc1)N(Cc1ccc(Br)cc1)C(=O)CN(c1ccc(F)cc1)S(C)(=O)=O. The summed E-state index contributed by atoms with van der Waals surface area (Å²) in [7, 11) is -3.91. The number of nitrogens with zero attached hydrogens (tertiary/aromatic N) is 2. The average molecular weight is 619 g/mol. The maximum atomic E-state index is 13.9. The minimum absolute atomic E-state index is 0.0831. The van der Waals surface area contributed by atoms with E-state index in [2.05, 4.69) is 21.2 Å². The zero-order valence-corrected chi connectivity index (χ0v) is 24.6. The molecule has 1 N–H and O–H groups in total. The van der Waals surface area contributed by atoms with Crippen LogP contribution in [0.1, 0.15) is 25.0 Å². The van der Waals surface area contributed by atoms with E-state index >= 15 is 0 Å². The number of rotatable bonds is 12. The molecule has 208 valence electrons. The quantitative estimate of drug-likeness (QED) is 0.317. The van der Waals surface area contributed by atoms with Gasteiger partial charge in [-0.3, -0.25) is 13.9 Å². The number of carbonyl (C=O) groups is 2. The molecule has 0 heterocycles. The standard InChI is InChI=1S/C29H33BrFN3O4S/c1-21(2)18-32-29(36)27(17-22-7-5-4-6-8-22)33(19-23-9-11-24(30)12-10-23)28(35)20-34(39(3,37)38)26-15-13-25(31)14-16-26/h4-16,21,27H,17-20H2,1-3H3,(H,32,36)/t27-/m0/s1. The number of hydrogen-bond acceptors (Lipinski definition) is 4. The molecule has 0 aliphatic heterocycles. The highest BCUT2D eigenvalue weighted by molar-refractivity contribution is 9.10. The van der Waals surface area contributed by atoms with Crippen molar-refractivity contribution in [3.63, 3.8) is 0 Å². The molecule has 0 saturated carbocycles. The average Bonchev–Trinajstić information content (AvgIpc) is 2.89. The zero-order chi connectivity index (χ0) is 28.6. The number of carbonyl (C=O) groups excluding carboxylic acids is 2. The van der Waals surface area contributed by atoms with E-state index in [9.17, 15) is 22.4 Å². The van der Waals surface area contributed by atoms with Gasteiger partial charge in [-0.2, -0.15) is 0 Å². The number of halogens is 2. The van der Waals surface area contributed by atoms with E-state index in [1.807, 2.05) is 68.4 Å². The Kier molecular flexibility index (Phi) is 10.7. The molecule has 0 bridgehead atoms. The van der Waals surface area contributed by atoms with Gasteiger partial charge in [-0.05, 0) is 53.4 Å². The summed E-state index contributed by atoms with van der Waals surface area (Å²) in [5.74, 6) is -1.22. The molecule has 2 amide bonds. The predicted molar refractivity (Wildman–Crippen MR) is 155 cm³/mol. The summed E-state index contributed by atoms with van der Waals surface area (Å²) in [6.07, 6.45) is 1.22. The lowest BCUT2D eigenvalue weighted by atomic mass is 10.0. The van der Waals surface area contributed by atoms with Crippen LogP contribution < -0.4 is 9.62 Å². The van der Waals surface area contributed by atoms with Gasteiger partial charge in [0.05, 0.1) is 11.9 Å². The summed E-state index contributed by atoms with van der Waals surface area (Å²) in [5, 5.41) is 2.94. The van der Waals surface area contributed by atoms with Crippen molar-refractivity contribution in [2.24, 2.45) is 5.92 Å². The third-order valence-electron chi connectivity index (χ3n) is 6.02. The summed E-state index contributed by atoms with van der Waals surface area (Å²) >= 11 is 3.41. The van der Waals surface area contributed by atoms with Crippen LogP contribution in [0.15, 0.2) is 83.3 Å². The summed E-state index contributed by atoms with van der Waals surface area (Å²) in [6, 6.07) is 20.7. The van der Waals surface area contributed by atoms with Crippen LogP contribution in [-0.2, 0) is 32.6 Å². The van der Waals surface area contributed by atoms with E-state index in [4.69, 9.17) is 0 Å². The lowest BCUT2D eigenvalue weighted by Crippen LogP contribution is -2.53. The first-order chi connectivity index (χ1) is 18.4. The molecule has 3 aromatic rings. The van der Waals surface area contributed by atoms with Gasteiger partial charge < -0.3 is 10.2 Å². The zero-order valence-electron chi connectivity index (χ0n) is 22.2. The van der Waals surface area contributed by atoms with Crippen LogP contribution in [-0.4, -0.2) is 50.5 Å². The third kappa shape index (κ3) is 9.18. The monoisotopic (exact) mass is 617 g/mol. The number of hydrogen-bond donors (Lipinski definition) is 1. The van der Waals surface area contributed by atoms with E-state index < -0.39 is 34.3 Å². The number of sulfonamides is 1. The van der Waals surface area contributed by atoms with Crippen LogP contribution in [0.25, 0.3) is 0 Å². The second-order valence-electron chi connectivity index (χ2n) is 9.74. The molecule has 0 aliphatic carbocycles. The molecule has 39 heavy (non-hydrogen) atoms. The normalized spacial score (nSPS) is 12.2. The van der Waals surface area contributed by atoms with Crippen LogP contribution in [0.3, 0.4) is 0 Å². The maximum absolute atomic E-state index is 13.9.